The summed E-state index contributed by atoms with van der Waals surface area (Å²) in [5.74, 6) is -0.0637. The highest BCUT2D eigenvalue weighted by molar-refractivity contribution is 5.99. The van der Waals surface area contributed by atoms with Crippen LogP contribution in [-0.4, -0.2) is 37.2 Å². The summed E-state index contributed by atoms with van der Waals surface area (Å²) in [6.07, 6.45) is 3.62. The maximum Gasteiger partial charge on any atom is 0.254 e. The lowest BCUT2D eigenvalue weighted by atomic mass is 9.82. The van der Waals surface area contributed by atoms with Crippen molar-refractivity contribution in [1.82, 2.24) is 10.3 Å². The molecule has 1 aliphatic rings. The van der Waals surface area contributed by atoms with Crippen LogP contribution in [0.2, 0.25) is 0 Å². The molecule has 2 rings (SSSR count). The van der Waals surface area contributed by atoms with Gasteiger partial charge in [-0.3, -0.25) is 9.78 Å². The number of pyridine rings is 1. The van der Waals surface area contributed by atoms with Gasteiger partial charge >= 0.3 is 0 Å². The van der Waals surface area contributed by atoms with Crippen molar-refractivity contribution in [2.75, 3.05) is 31.6 Å². The van der Waals surface area contributed by atoms with Crippen LogP contribution in [0.25, 0.3) is 0 Å². The van der Waals surface area contributed by atoms with Crippen molar-refractivity contribution in [1.29, 1.82) is 0 Å². The minimum Gasteiger partial charge on any atom is -0.385 e. The summed E-state index contributed by atoms with van der Waals surface area (Å²) in [7, 11) is 0. The number of carbonyl (C=O) groups excluding carboxylic acids is 1. The van der Waals surface area contributed by atoms with Crippen LogP contribution in [0.3, 0.4) is 0 Å². The van der Waals surface area contributed by atoms with Gasteiger partial charge in [0.25, 0.3) is 5.91 Å². The van der Waals surface area contributed by atoms with Crippen LogP contribution in [0.4, 0.5) is 5.69 Å². The Morgan fingerprint density at radius 3 is 2.81 bits per heavy atom. The zero-order chi connectivity index (χ0) is 15.3. The van der Waals surface area contributed by atoms with Crippen molar-refractivity contribution >= 4 is 11.6 Å². The van der Waals surface area contributed by atoms with E-state index in [2.05, 4.69) is 22.5 Å². The van der Waals surface area contributed by atoms with E-state index >= 15 is 0 Å². The zero-order valence-electron chi connectivity index (χ0n) is 13.2. The Bertz CT molecular complexity index is 496. The van der Waals surface area contributed by atoms with Crippen molar-refractivity contribution in [3.8, 4) is 0 Å². The molecule has 0 aromatic carbocycles. The van der Waals surface area contributed by atoms with Gasteiger partial charge in [-0.15, -0.1) is 0 Å². The van der Waals surface area contributed by atoms with Crippen LogP contribution < -0.4 is 10.6 Å². The number of anilines is 1. The Morgan fingerprint density at radius 2 is 2.14 bits per heavy atom. The van der Waals surface area contributed by atoms with Crippen molar-refractivity contribution in [2.24, 2.45) is 5.41 Å². The summed E-state index contributed by atoms with van der Waals surface area (Å²) in [5, 5.41) is 6.28. The van der Waals surface area contributed by atoms with Gasteiger partial charge in [0.15, 0.2) is 0 Å². The smallest absolute Gasteiger partial charge is 0.254 e. The molecule has 1 amide bonds. The average molecular weight is 291 g/mol. The molecule has 0 atom stereocenters. The van der Waals surface area contributed by atoms with Gasteiger partial charge in [0.1, 0.15) is 0 Å². The average Bonchev–Trinajstić information content (AvgIpc) is 2.46. The molecule has 116 valence electrons. The molecule has 5 heteroatoms. The van der Waals surface area contributed by atoms with E-state index < -0.39 is 0 Å². The van der Waals surface area contributed by atoms with Crippen molar-refractivity contribution in [3.05, 3.63) is 23.5 Å². The van der Waals surface area contributed by atoms with Gasteiger partial charge in [0.2, 0.25) is 0 Å². The fourth-order valence-electron chi connectivity index (χ4n) is 2.51. The quantitative estimate of drug-likeness (QED) is 0.874. The third kappa shape index (κ3) is 4.17. The highest BCUT2D eigenvalue weighted by Crippen LogP contribution is 2.28. The van der Waals surface area contributed by atoms with E-state index in [1.54, 1.807) is 6.20 Å². The molecule has 1 aliphatic heterocycles. The molecule has 2 heterocycles. The lowest BCUT2D eigenvalue weighted by Gasteiger charge is -2.33. The molecule has 2 N–H and O–H groups in total. The van der Waals surface area contributed by atoms with Crippen LogP contribution in [-0.2, 0) is 4.74 Å². The monoisotopic (exact) mass is 291 g/mol. The molecule has 0 spiro atoms. The second-order valence-corrected chi connectivity index (χ2v) is 6.01. The van der Waals surface area contributed by atoms with E-state index in [4.69, 9.17) is 4.74 Å². The second kappa shape index (κ2) is 6.89. The van der Waals surface area contributed by atoms with Crippen molar-refractivity contribution in [3.63, 3.8) is 0 Å². The number of rotatable bonds is 5. The summed E-state index contributed by atoms with van der Waals surface area (Å²) in [6, 6.07) is 1.91. The minimum atomic E-state index is -0.0637. The fourth-order valence-corrected chi connectivity index (χ4v) is 2.51. The van der Waals surface area contributed by atoms with Gasteiger partial charge in [-0.05, 0) is 38.2 Å². The summed E-state index contributed by atoms with van der Waals surface area (Å²) in [5.41, 5.74) is 2.49. The lowest BCUT2D eigenvalue weighted by Crippen LogP contribution is -2.39. The second-order valence-electron chi connectivity index (χ2n) is 6.01. The van der Waals surface area contributed by atoms with Gasteiger partial charge in [0.05, 0.1) is 11.3 Å². The largest absolute Gasteiger partial charge is 0.385 e. The van der Waals surface area contributed by atoms with E-state index in [9.17, 15) is 4.79 Å². The molecule has 0 saturated carbocycles. The Kier molecular flexibility index (Phi) is 5.17. The standard InChI is InChI=1S/C16H25N3O2/c1-4-17-14-9-12(2)18-10-13(14)15(20)19-11-16(3)5-7-21-8-6-16/h9-10H,4-8,11H2,1-3H3,(H,17,18)(H,19,20). The number of amides is 1. The Morgan fingerprint density at radius 1 is 1.43 bits per heavy atom. The van der Waals surface area contributed by atoms with Crippen LogP contribution in [0.1, 0.15) is 42.7 Å². The first kappa shape index (κ1) is 15.8. The first-order valence-electron chi connectivity index (χ1n) is 7.60. The van der Waals surface area contributed by atoms with Crippen LogP contribution in [0, 0.1) is 12.3 Å². The summed E-state index contributed by atoms with van der Waals surface area (Å²) in [6.45, 7) is 9.15. The van der Waals surface area contributed by atoms with Crippen LogP contribution in [0.5, 0.6) is 0 Å². The first-order chi connectivity index (χ1) is 10.0. The number of aryl methyl sites for hydroxylation is 1. The minimum absolute atomic E-state index is 0.0637. The van der Waals surface area contributed by atoms with Crippen LogP contribution >= 0.6 is 0 Å². The molecule has 0 radical (unpaired) electrons. The molecular formula is C16H25N3O2. The SMILES string of the molecule is CCNc1cc(C)ncc1C(=O)NCC1(C)CCOCC1. The number of hydrogen-bond acceptors (Lipinski definition) is 4. The first-order valence-corrected chi connectivity index (χ1v) is 7.60. The highest BCUT2D eigenvalue weighted by atomic mass is 16.5. The predicted octanol–water partition coefficient (Wildman–Crippen LogP) is 2.37. The molecule has 1 saturated heterocycles. The molecule has 1 fully saturated rings. The molecular weight excluding hydrogens is 266 g/mol. The van der Waals surface area contributed by atoms with Gasteiger partial charge < -0.3 is 15.4 Å². The molecule has 0 bridgehead atoms. The summed E-state index contributed by atoms with van der Waals surface area (Å²) < 4.78 is 5.39. The predicted molar refractivity (Wildman–Crippen MR) is 83.6 cm³/mol. The third-order valence-electron chi connectivity index (χ3n) is 4.03. The number of nitrogens with zero attached hydrogens (tertiary/aromatic N) is 1. The molecule has 1 aromatic heterocycles. The van der Waals surface area contributed by atoms with Crippen molar-refractivity contribution in [2.45, 2.75) is 33.6 Å². The Labute approximate surface area is 126 Å². The maximum absolute atomic E-state index is 12.4. The Hall–Kier alpha value is -1.62. The van der Waals surface area contributed by atoms with E-state index in [1.807, 2.05) is 19.9 Å². The van der Waals surface area contributed by atoms with E-state index in [-0.39, 0.29) is 11.3 Å². The summed E-state index contributed by atoms with van der Waals surface area (Å²) >= 11 is 0. The molecule has 21 heavy (non-hydrogen) atoms. The van der Waals surface area contributed by atoms with Gasteiger partial charge in [-0.25, -0.2) is 0 Å². The van der Waals surface area contributed by atoms with Gasteiger partial charge in [0, 0.05) is 38.2 Å². The maximum atomic E-state index is 12.4. The zero-order valence-corrected chi connectivity index (χ0v) is 13.2. The molecule has 0 unspecified atom stereocenters. The molecule has 0 aliphatic carbocycles. The van der Waals surface area contributed by atoms with Crippen molar-refractivity contribution < 1.29 is 9.53 Å². The lowest BCUT2D eigenvalue weighted by molar-refractivity contribution is 0.0238. The highest BCUT2D eigenvalue weighted by Gasteiger charge is 2.28. The van der Waals surface area contributed by atoms with Gasteiger partial charge in [-0.1, -0.05) is 6.92 Å². The van der Waals surface area contributed by atoms with E-state index in [0.29, 0.717) is 12.1 Å². The van der Waals surface area contributed by atoms with Gasteiger partial charge in [-0.2, -0.15) is 0 Å². The van der Waals surface area contributed by atoms with E-state index in [0.717, 1.165) is 44.0 Å². The Balaban J connectivity index is 2.02. The molecule has 1 aromatic rings. The summed E-state index contributed by atoms with van der Waals surface area (Å²) in [4.78, 5) is 16.6. The number of ether oxygens (including phenoxy) is 1. The van der Waals surface area contributed by atoms with Crippen LogP contribution in [0.15, 0.2) is 12.3 Å². The number of nitrogens with one attached hydrogen (secondary N) is 2. The topological polar surface area (TPSA) is 63.2 Å². The fraction of sp³-hybridized carbons (Fsp3) is 0.625. The number of carbonyl (C=O) groups is 1. The third-order valence-corrected chi connectivity index (χ3v) is 4.03. The number of aromatic nitrogens is 1. The normalized spacial score (nSPS) is 17.3. The molecule has 5 nitrogen and oxygen atoms in total. The number of hydrogen-bond donors (Lipinski definition) is 2. The van der Waals surface area contributed by atoms with E-state index in [1.165, 1.54) is 0 Å².